The second-order valence-electron chi connectivity index (χ2n) is 5.80. The van der Waals surface area contributed by atoms with Gasteiger partial charge in [-0.2, -0.15) is 0 Å². The number of aromatic nitrogens is 1. The van der Waals surface area contributed by atoms with Crippen LogP contribution in [-0.4, -0.2) is 17.4 Å². The lowest BCUT2D eigenvalue weighted by Gasteiger charge is -2.35. The van der Waals surface area contributed by atoms with Crippen molar-refractivity contribution in [3.8, 4) is 12.3 Å². The van der Waals surface area contributed by atoms with Crippen molar-refractivity contribution >= 4 is 16.8 Å². The number of aryl methyl sites for hydroxylation is 1. The predicted octanol–water partition coefficient (Wildman–Crippen LogP) is 3.02. The molecule has 0 unspecified atom stereocenters. The third kappa shape index (κ3) is 2.54. The number of hydrogen-bond donors (Lipinski definition) is 2. The van der Waals surface area contributed by atoms with Gasteiger partial charge in [-0.1, -0.05) is 24.1 Å². The molecule has 0 spiro atoms. The Morgan fingerprint density at radius 1 is 1.38 bits per heavy atom. The summed E-state index contributed by atoms with van der Waals surface area (Å²) < 4.78 is 0. The quantitative estimate of drug-likeness (QED) is 0.642. The minimum absolute atomic E-state index is 0.0372. The Hall–Kier alpha value is -2.21. The van der Waals surface area contributed by atoms with Crippen LogP contribution in [-0.2, 0) is 11.2 Å². The number of amides is 1. The maximum Gasteiger partial charge on any atom is 0.238 e. The van der Waals surface area contributed by atoms with Gasteiger partial charge in [0.1, 0.15) is 5.41 Å². The fourth-order valence-electron chi connectivity index (χ4n) is 2.96. The maximum atomic E-state index is 12.1. The standard InChI is InChI=1S/C18H20N2O/c1-2-18(10-6-11-18)17(21)19-12-5-7-14-13-20-16-9-4-3-8-15(14)16/h1,3-4,8-9,13,20H,5-7,10-12H2,(H,19,21). The van der Waals surface area contributed by atoms with Gasteiger partial charge < -0.3 is 10.3 Å². The van der Waals surface area contributed by atoms with Gasteiger partial charge in [0.25, 0.3) is 0 Å². The molecule has 1 saturated carbocycles. The first-order valence-corrected chi connectivity index (χ1v) is 7.56. The van der Waals surface area contributed by atoms with Gasteiger partial charge in [-0.15, -0.1) is 6.42 Å². The van der Waals surface area contributed by atoms with Gasteiger partial charge in [0.05, 0.1) is 0 Å². The summed E-state index contributed by atoms with van der Waals surface area (Å²) in [6, 6.07) is 8.28. The highest BCUT2D eigenvalue weighted by atomic mass is 16.2. The fraction of sp³-hybridized carbons (Fsp3) is 0.389. The summed E-state index contributed by atoms with van der Waals surface area (Å²) in [4.78, 5) is 15.4. The van der Waals surface area contributed by atoms with E-state index in [2.05, 4.69) is 40.6 Å². The van der Waals surface area contributed by atoms with E-state index in [1.165, 1.54) is 10.9 Å². The normalized spacial score (nSPS) is 16.1. The van der Waals surface area contributed by atoms with Crippen molar-refractivity contribution in [2.24, 2.45) is 5.41 Å². The second kappa shape index (κ2) is 5.65. The number of nitrogens with one attached hydrogen (secondary N) is 2. The molecule has 2 N–H and O–H groups in total. The first-order chi connectivity index (χ1) is 10.2. The van der Waals surface area contributed by atoms with Crippen LogP contribution in [0.5, 0.6) is 0 Å². The Morgan fingerprint density at radius 3 is 2.90 bits per heavy atom. The smallest absolute Gasteiger partial charge is 0.238 e. The highest BCUT2D eigenvalue weighted by Gasteiger charge is 2.42. The monoisotopic (exact) mass is 280 g/mol. The van der Waals surface area contributed by atoms with Crippen molar-refractivity contribution in [3.05, 3.63) is 36.0 Å². The Morgan fingerprint density at radius 2 is 2.19 bits per heavy atom. The van der Waals surface area contributed by atoms with E-state index in [-0.39, 0.29) is 5.91 Å². The van der Waals surface area contributed by atoms with Gasteiger partial charge in [0.15, 0.2) is 0 Å². The van der Waals surface area contributed by atoms with Crippen molar-refractivity contribution in [1.82, 2.24) is 10.3 Å². The molecule has 0 aliphatic heterocycles. The molecule has 1 aliphatic carbocycles. The molecule has 1 fully saturated rings. The molecular formula is C18H20N2O. The van der Waals surface area contributed by atoms with Crippen LogP contribution in [0.1, 0.15) is 31.2 Å². The van der Waals surface area contributed by atoms with Crippen molar-refractivity contribution < 1.29 is 4.79 Å². The third-order valence-corrected chi connectivity index (χ3v) is 4.50. The summed E-state index contributed by atoms with van der Waals surface area (Å²) in [7, 11) is 0. The molecule has 1 aromatic carbocycles. The van der Waals surface area contributed by atoms with Gasteiger partial charge >= 0.3 is 0 Å². The number of rotatable bonds is 5. The van der Waals surface area contributed by atoms with Crippen molar-refractivity contribution in [1.29, 1.82) is 0 Å². The number of carbonyl (C=O) groups is 1. The molecule has 108 valence electrons. The van der Waals surface area contributed by atoms with Crippen molar-refractivity contribution in [2.75, 3.05) is 6.54 Å². The topological polar surface area (TPSA) is 44.9 Å². The van der Waals surface area contributed by atoms with Crippen molar-refractivity contribution in [2.45, 2.75) is 32.1 Å². The van der Waals surface area contributed by atoms with E-state index < -0.39 is 5.41 Å². The Labute approximate surface area is 125 Å². The molecule has 1 heterocycles. The molecule has 2 aromatic rings. The summed E-state index contributed by atoms with van der Waals surface area (Å²) in [6.07, 6.45) is 12.2. The van der Waals surface area contributed by atoms with Crippen LogP contribution >= 0.6 is 0 Å². The summed E-state index contributed by atoms with van der Waals surface area (Å²) in [5, 5.41) is 4.26. The number of terminal acetylenes is 1. The van der Waals surface area contributed by atoms with Crippen LogP contribution in [0.3, 0.4) is 0 Å². The summed E-state index contributed by atoms with van der Waals surface area (Å²) >= 11 is 0. The molecular weight excluding hydrogens is 260 g/mol. The lowest BCUT2D eigenvalue weighted by molar-refractivity contribution is -0.131. The molecule has 3 nitrogen and oxygen atoms in total. The SMILES string of the molecule is C#CC1(C(=O)NCCCc2c[nH]c3ccccc23)CCC1. The molecule has 21 heavy (non-hydrogen) atoms. The first-order valence-electron chi connectivity index (χ1n) is 7.56. The molecule has 0 radical (unpaired) electrons. The van der Waals surface area contributed by atoms with Crippen LogP contribution in [0.4, 0.5) is 0 Å². The number of aromatic amines is 1. The number of benzene rings is 1. The number of hydrogen-bond acceptors (Lipinski definition) is 1. The number of H-pyrrole nitrogens is 1. The van der Waals surface area contributed by atoms with E-state index in [9.17, 15) is 4.79 Å². The average molecular weight is 280 g/mol. The van der Waals surface area contributed by atoms with Gasteiger partial charge in [-0.3, -0.25) is 4.79 Å². The van der Waals surface area contributed by atoms with E-state index in [0.717, 1.165) is 37.6 Å². The zero-order chi connectivity index (χ0) is 14.7. The van der Waals surface area contributed by atoms with Crippen LogP contribution < -0.4 is 5.32 Å². The third-order valence-electron chi connectivity index (χ3n) is 4.50. The van der Waals surface area contributed by atoms with Crippen LogP contribution in [0.15, 0.2) is 30.5 Å². The van der Waals surface area contributed by atoms with Gasteiger partial charge in [0, 0.05) is 23.6 Å². The van der Waals surface area contributed by atoms with E-state index >= 15 is 0 Å². The molecule has 1 amide bonds. The van der Waals surface area contributed by atoms with Gasteiger partial charge in [-0.05, 0) is 43.7 Å². The fourth-order valence-corrected chi connectivity index (χ4v) is 2.96. The highest BCUT2D eigenvalue weighted by molar-refractivity contribution is 5.86. The largest absolute Gasteiger partial charge is 0.361 e. The van der Waals surface area contributed by atoms with E-state index in [1.807, 2.05) is 6.07 Å². The first kappa shape index (κ1) is 13.8. The molecule has 0 atom stereocenters. The molecule has 0 bridgehead atoms. The lowest BCUT2D eigenvalue weighted by atomic mass is 9.69. The average Bonchev–Trinajstić information content (AvgIpc) is 2.86. The summed E-state index contributed by atoms with van der Waals surface area (Å²) in [5.74, 6) is 2.71. The number of carbonyl (C=O) groups excluding carboxylic acids is 1. The second-order valence-corrected chi connectivity index (χ2v) is 5.80. The van der Waals surface area contributed by atoms with E-state index in [4.69, 9.17) is 6.42 Å². The Balaban J connectivity index is 1.51. The van der Waals surface area contributed by atoms with Crippen molar-refractivity contribution in [3.63, 3.8) is 0 Å². The number of fused-ring (bicyclic) bond motifs is 1. The van der Waals surface area contributed by atoms with Crippen LogP contribution in [0, 0.1) is 17.8 Å². The molecule has 3 heteroatoms. The molecule has 0 saturated heterocycles. The molecule has 1 aromatic heterocycles. The number of para-hydroxylation sites is 1. The maximum absolute atomic E-state index is 12.1. The minimum atomic E-state index is -0.513. The minimum Gasteiger partial charge on any atom is -0.361 e. The summed E-state index contributed by atoms with van der Waals surface area (Å²) in [6.45, 7) is 0.682. The van der Waals surface area contributed by atoms with E-state index in [1.54, 1.807) is 0 Å². The summed E-state index contributed by atoms with van der Waals surface area (Å²) in [5.41, 5.74) is 1.95. The Kier molecular flexibility index (Phi) is 3.70. The molecule has 1 aliphatic rings. The highest BCUT2D eigenvalue weighted by Crippen LogP contribution is 2.40. The Bertz CT molecular complexity index is 689. The van der Waals surface area contributed by atoms with Gasteiger partial charge in [0.2, 0.25) is 5.91 Å². The van der Waals surface area contributed by atoms with Crippen LogP contribution in [0.25, 0.3) is 10.9 Å². The molecule has 3 rings (SSSR count). The zero-order valence-corrected chi connectivity index (χ0v) is 12.1. The van der Waals surface area contributed by atoms with E-state index in [0.29, 0.717) is 6.54 Å². The lowest BCUT2D eigenvalue weighted by Crippen LogP contribution is -2.45. The van der Waals surface area contributed by atoms with Gasteiger partial charge in [-0.25, -0.2) is 0 Å². The zero-order valence-electron chi connectivity index (χ0n) is 12.1. The van der Waals surface area contributed by atoms with Crippen LogP contribution in [0.2, 0.25) is 0 Å². The predicted molar refractivity (Wildman–Crippen MR) is 84.7 cm³/mol.